The van der Waals surface area contributed by atoms with E-state index < -0.39 is 0 Å². The normalized spacial score (nSPS) is 10.9. The Morgan fingerprint density at radius 1 is 1.30 bits per heavy atom. The van der Waals surface area contributed by atoms with Gasteiger partial charge in [0.05, 0.1) is 5.52 Å². The van der Waals surface area contributed by atoms with Gasteiger partial charge in [-0.05, 0) is 31.2 Å². The highest BCUT2D eigenvalue weighted by atomic mass is 32.2. The van der Waals surface area contributed by atoms with Crippen molar-refractivity contribution in [3.8, 4) is 0 Å². The third-order valence-electron chi connectivity index (χ3n) is 3.04. The van der Waals surface area contributed by atoms with Crippen molar-refractivity contribution in [2.24, 2.45) is 0 Å². The zero-order valence-corrected chi connectivity index (χ0v) is 13.0. The number of nitrogens with one attached hydrogen (secondary N) is 1. The second kappa shape index (κ2) is 8.12. The van der Waals surface area contributed by atoms with Gasteiger partial charge >= 0.3 is 0 Å². The average Bonchev–Trinajstić information content (AvgIpc) is 2.47. The van der Waals surface area contributed by atoms with E-state index in [9.17, 15) is 0 Å². The minimum Gasteiger partial charge on any atom is -0.385 e. The maximum atomic E-state index is 5.08. The first-order valence-corrected chi connectivity index (χ1v) is 8.20. The van der Waals surface area contributed by atoms with Gasteiger partial charge in [-0.15, -0.1) is 0 Å². The van der Waals surface area contributed by atoms with Gasteiger partial charge in [-0.2, -0.15) is 11.8 Å². The predicted octanol–water partition coefficient (Wildman–Crippen LogP) is 3.94. The number of thioether (sulfide) groups is 1. The van der Waals surface area contributed by atoms with Crippen molar-refractivity contribution >= 4 is 28.5 Å². The lowest BCUT2D eigenvalue weighted by molar-refractivity contribution is 0.200. The van der Waals surface area contributed by atoms with Crippen LogP contribution in [0.25, 0.3) is 10.9 Å². The number of anilines is 1. The third-order valence-corrected chi connectivity index (χ3v) is 4.13. The van der Waals surface area contributed by atoms with Crippen molar-refractivity contribution in [3.63, 3.8) is 0 Å². The van der Waals surface area contributed by atoms with Crippen LogP contribution in [0.15, 0.2) is 30.3 Å². The molecule has 1 heterocycles. The Morgan fingerprint density at radius 2 is 2.15 bits per heavy atom. The molecule has 0 saturated heterocycles. The van der Waals surface area contributed by atoms with E-state index in [4.69, 9.17) is 9.72 Å². The number of nitrogens with zero attached hydrogens (tertiary/aromatic N) is 1. The van der Waals surface area contributed by atoms with Gasteiger partial charge in [-0.3, -0.25) is 0 Å². The number of hydrogen-bond donors (Lipinski definition) is 1. The second-order valence-electron chi connectivity index (χ2n) is 4.62. The largest absolute Gasteiger partial charge is 0.385 e. The quantitative estimate of drug-likeness (QED) is 0.747. The maximum absolute atomic E-state index is 5.08. The molecule has 0 unspecified atom stereocenters. The van der Waals surface area contributed by atoms with Crippen molar-refractivity contribution in [2.75, 3.05) is 31.3 Å². The molecule has 2 rings (SSSR count). The van der Waals surface area contributed by atoms with E-state index in [1.54, 1.807) is 7.11 Å². The molecule has 108 valence electrons. The molecule has 4 heteroatoms. The van der Waals surface area contributed by atoms with Crippen molar-refractivity contribution in [2.45, 2.75) is 19.1 Å². The highest BCUT2D eigenvalue weighted by molar-refractivity contribution is 7.98. The number of fused-ring (bicyclic) bond motifs is 1. The van der Waals surface area contributed by atoms with Crippen LogP contribution in [-0.2, 0) is 10.5 Å². The summed E-state index contributed by atoms with van der Waals surface area (Å²) in [5.74, 6) is 3.13. The average molecular weight is 290 g/mol. The summed E-state index contributed by atoms with van der Waals surface area (Å²) in [5.41, 5.74) is 2.34. The third kappa shape index (κ3) is 4.12. The summed E-state index contributed by atoms with van der Waals surface area (Å²) in [6.07, 6.45) is 1.10. The number of para-hydroxylation sites is 1. The number of pyridine rings is 1. The van der Waals surface area contributed by atoms with Gasteiger partial charge in [-0.1, -0.05) is 18.2 Å². The molecule has 0 aliphatic heterocycles. The summed E-state index contributed by atoms with van der Waals surface area (Å²) in [6.45, 7) is 3.84. The fraction of sp³-hybridized carbons (Fsp3) is 0.438. The molecule has 0 amide bonds. The lowest BCUT2D eigenvalue weighted by Crippen LogP contribution is -2.03. The maximum Gasteiger partial charge on any atom is 0.130 e. The zero-order valence-electron chi connectivity index (χ0n) is 12.2. The number of aromatic nitrogens is 1. The first-order valence-electron chi connectivity index (χ1n) is 7.04. The second-order valence-corrected chi connectivity index (χ2v) is 5.72. The predicted molar refractivity (Wildman–Crippen MR) is 88.6 cm³/mol. The summed E-state index contributed by atoms with van der Waals surface area (Å²) in [6, 6.07) is 10.5. The molecule has 0 saturated carbocycles. The molecule has 2 aromatic rings. The van der Waals surface area contributed by atoms with E-state index in [-0.39, 0.29) is 0 Å². The van der Waals surface area contributed by atoms with Crippen LogP contribution >= 0.6 is 11.8 Å². The zero-order chi connectivity index (χ0) is 14.2. The van der Waals surface area contributed by atoms with Crippen molar-refractivity contribution in [3.05, 3.63) is 35.9 Å². The first kappa shape index (κ1) is 15.1. The monoisotopic (exact) mass is 290 g/mol. The Balaban J connectivity index is 2.10. The minimum atomic E-state index is 0.836. The molecule has 0 radical (unpaired) electrons. The summed E-state index contributed by atoms with van der Waals surface area (Å²) in [5, 5.41) is 4.58. The Kier molecular flexibility index (Phi) is 6.15. The van der Waals surface area contributed by atoms with Crippen LogP contribution in [0.3, 0.4) is 0 Å². The molecule has 3 nitrogen and oxygen atoms in total. The van der Waals surface area contributed by atoms with Crippen LogP contribution in [0.2, 0.25) is 0 Å². The number of ether oxygens (including phenoxy) is 1. The van der Waals surface area contributed by atoms with Gasteiger partial charge in [0, 0.05) is 37.0 Å². The van der Waals surface area contributed by atoms with E-state index >= 15 is 0 Å². The van der Waals surface area contributed by atoms with Crippen LogP contribution in [0.4, 0.5) is 5.82 Å². The van der Waals surface area contributed by atoms with Crippen LogP contribution in [0.1, 0.15) is 18.9 Å². The molecule has 1 aromatic heterocycles. The molecular formula is C16H22N2OS. The van der Waals surface area contributed by atoms with E-state index in [2.05, 4.69) is 36.5 Å². The van der Waals surface area contributed by atoms with E-state index in [1.807, 2.05) is 17.8 Å². The smallest absolute Gasteiger partial charge is 0.130 e. The van der Waals surface area contributed by atoms with Gasteiger partial charge in [0.1, 0.15) is 5.82 Å². The standard InChI is InChI=1S/C16H22N2OS/c1-3-17-16-14(12-20-10-6-9-19-2)11-13-7-4-5-8-15(13)18-16/h4-5,7-8,11H,3,6,9-10,12H2,1-2H3,(H,17,18). The van der Waals surface area contributed by atoms with Gasteiger partial charge in [0.2, 0.25) is 0 Å². The molecule has 0 aliphatic carbocycles. The molecule has 1 N–H and O–H groups in total. The molecule has 0 aliphatic rings. The van der Waals surface area contributed by atoms with Gasteiger partial charge in [-0.25, -0.2) is 4.98 Å². The number of rotatable bonds is 8. The van der Waals surface area contributed by atoms with E-state index in [1.165, 1.54) is 10.9 Å². The van der Waals surface area contributed by atoms with Crippen LogP contribution in [0, 0.1) is 0 Å². The summed E-state index contributed by atoms with van der Waals surface area (Å²) < 4.78 is 5.08. The number of hydrogen-bond acceptors (Lipinski definition) is 4. The number of benzene rings is 1. The summed E-state index contributed by atoms with van der Waals surface area (Å²) >= 11 is 1.93. The molecule has 20 heavy (non-hydrogen) atoms. The molecule has 0 fully saturated rings. The highest BCUT2D eigenvalue weighted by Crippen LogP contribution is 2.24. The van der Waals surface area contributed by atoms with Gasteiger partial charge in [0.15, 0.2) is 0 Å². The van der Waals surface area contributed by atoms with E-state index in [0.717, 1.165) is 42.4 Å². The summed E-state index contributed by atoms with van der Waals surface area (Å²) in [4.78, 5) is 4.73. The Bertz CT molecular complexity index is 545. The van der Waals surface area contributed by atoms with Crippen molar-refractivity contribution in [1.82, 2.24) is 4.98 Å². The lowest BCUT2D eigenvalue weighted by Gasteiger charge is -2.11. The Morgan fingerprint density at radius 3 is 2.95 bits per heavy atom. The summed E-state index contributed by atoms with van der Waals surface area (Å²) in [7, 11) is 1.75. The topological polar surface area (TPSA) is 34.2 Å². The van der Waals surface area contributed by atoms with Crippen molar-refractivity contribution < 1.29 is 4.74 Å². The Labute approximate surface area is 125 Å². The Hall–Kier alpha value is -1.26. The minimum absolute atomic E-state index is 0.836. The molecule has 1 aromatic carbocycles. The van der Waals surface area contributed by atoms with Gasteiger partial charge in [0.25, 0.3) is 0 Å². The molecule has 0 spiro atoms. The molecule has 0 atom stereocenters. The van der Waals surface area contributed by atoms with E-state index in [0.29, 0.717) is 0 Å². The van der Waals surface area contributed by atoms with Crippen LogP contribution in [0.5, 0.6) is 0 Å². The fourth-order valence-corrected chi connectivity index (χ4v) is 2.98. The van der Waals surface area contributed by atoms with Gasteiger partial charge < -0.3 is 10.1 Å². The number of methoxy groups -OCH3 is 1. The SMILES string of the molecule is CCNc1nc2ccccc2cc1CSCCCOC. The molecular weight excluding hydrogens is 268 g/mol. The molecule has 0 bridgehead atoms. The lowest BCUT2D eigenvalue weighted by atomic mass is 10.1. The van der Waals surface area contributed by atoms with Crippen LogP contribution < -0.4 is 5.32 Å². The highest BCUT2D eigenvalue weighted by Gasteiger charge is 2.06. The van der Waals surface area contributed by atoms with Crippen LogP contribution in [-0.4, -0.2) is 31.0 Å². The van der Waals surface area contributed by atoms with Crippen molar-refractivity contribution in [1.29, 1.82) is 0 Å². The first-order chi connectivity index (χ1) is 9.85. The fourth-order valence-electron chi connectivity index (χ4n) is 2.08.